The summed E-state index contributed by atoms with van der Waals surface area (Å²) < 4.78 is 30.4. The molecule has 8 heteroatoms. The first-order valence-electron chi connectivity index (χ1n) is 6.36. The van der Waals surface area contributed by atoms with Crippen molar-refractivity contribution in [3.63, 3.8) is 0 Å². The second-order valence-corrected chi connectivity index (χ2v) is 7.81. The normalized spacial score (nSPS) is 21.1. The second-order valence-electron chi connectivity index (χ2n) is 4.88. The first kappa shape index (κ1) is 13.7. The number of piperidine rings is 1. The molecule has 1 atom stereocenters. The van der Waals surface area contributed by atoms with Crippen LogP contribution in [0.3, 0.4) is 0 Å². The Bertz CT molecular complexity index is 679. The standard InChI is InChI=1S/C12H15N3O3S2/c1-20(16,17)15-6-2-4-9(8-15)11-13-14-12(18-11)10-5-3-7-19-10/h3,5,7,9H,2,4,6,8H2,1H3/t9-/m0/s1. The zero-order valence-corrected chi connectivity index (χ0v) is 12.7. The summed E-state index contributed by atoms with van der Waals surface area (Å²) in [7, 11) is -3.16. The predicted octanol–water partition coefficient (Wildman–Crippen LogP) is 1.94. The van der Waals surface area contributed by atoms with Gasteiger partial charge in [-0.05, 0) is 24.3 Å². The van der Waals surface area contributed by atoms with Crippen molar-refractivity contribution in [3.05, 3.63) is 23.4 Å². The average molecular weight is 313 g/mol. The Hall–Kier alpha value is -1.25. The number of hydrogen-bond donors (Lipinski definition) is 0. The van der Waals surface area contributed by atoms with Gasteiger partial charge in [-0.2, -0.15) is 0 Å². The summed E-state index contributed by atoms with van der Waals surface area (Å²) in [5.41, 5.74) is 0. The van der Waals surface area contributed by atoms with E-state index in [1.807, 2.05) is 17.5 Å². The van der Waals surface area contributed by atoms with Crippen LogP contribution in [0.1, 0.15) is 24.7 Å². The molecular weight excluding hydrogens is 298 g/mol. The van der Waals surface area contributed by atoms with Crippen LogP contribution in [0.15, 0.2) is 21.9 Å². The molecule has 2 aromatic heterocycles. The van der Waals surface area contributed by atoms with Crippen molar-refractivity contribution in [1.82, 2.24) is 14.5 Å². The fourth-order valence-electron chi connectivity index (χ4n) is 2.34. The molecule has 0 saturated carbocycles. The second kappa shape index (κ2) is 5.27. The van der Waals surface area contributed by atoms with E-state index in [0.717, 1.165) is 17.7 Å². The van der Waals surface area contributed by atoms with Gasteiger partial charge in [0.05, 0.1) is 17.1 Å². The zero-order chi connectivity index (χ0) is 14.2. The maximum atomic E-state index is 11.6. The van der Waals surface area contributed by atoms with Crippen LogP contribution in [0.2, 0.25) is 0 Å². The van der Waals surface area contributed by atoms with Crippen LogP contribution in [0, 0.1) is 0 Å². The van der Waals surface area contributed by atoms with E-state index in [2.05, 4.69) is 10.2 Å². The fraction of sp³-hybridized carbons (Fsp3) is 0.500. The number of aromatic nitrogens is 2. The van der Waals surface area contributed by atoms with E-state index in [1.54, 1.807) is 0 Å². The highest BCUT2D eigenvalue weighted by atomic mass is 32.2. The highest BCUT2D eigenvalue weighted by molar-refractivity contribution is 7.88. The quantitative estimate of drug-likeness (QED) is 0.865. The lowest BCUT2D eigenvalue weighted by Crippen LogP contribution is -2.38. The minimum atomic E-state index is -3.16. The Balaban J connectivity index is 1.79. The highest BCUT2D eigenvalue weighted by Crippen LogP contribution is 2.30. The predicted molar refractivity (Wildman–Crippen MR) is 76.0 cm³/mol. The van der Waals surface area contributed by atoms with Crippen molar-refractivity contribution in [3.8, 4) is 10.8 Å². The first-order valence-corrected chi connectivity index (χ1v) is 9.09. The number of nitrogens with zero attached hydrogens (tertiary/aromatic N) is 3. The molecular formula is C12H15N3O3S2. The molecule has 6 nitrogen and oxygen atoms in total. The van der Waals surface area contributed by atoms with Crippen molar-refractivity contribution in [1.29, 1.82) is 0 Å². The summed E-state index contributed by atoms with van der Waals surface area (Å²) in [6, 6.07) is 3.85. The molecule has 1 fully saturated rings. The van der Waals surface area contributed by atoms with Crippen molar-refractivity contribution in [2.75, 3.05) is 19.3 Å². The molecule has 0 aliphatic carbocycles. The number of thiophene rings is 1. The molecule has 2 aromatic rings. The Kier molecular flexibility index (Phi) is 3.61. The summed E-state index contributed by atoms with van der Waals surface area (Å²) in [4.78, 5) is 0.930. The maximum absolute atomic E-state index is 11.6. The Morgan fingerprint density at radius 2 is 2.30 bits per heavy atom. The number of hydrogen-bond acceptors (Lipinski definition) is 6. The van der Waals surface area contributed by atoms with E-state index in [1.165, 1.54) is 21.9 Å². The van der Waals surface area contributed by atoms with E-state index in [9.17, 15) is 8.42 Å². The van der Waals surface area contributed by atoms with Crippen LogP contribution >= 0.6 is 11.3 Å². The van der Waals surface area contributed by atoms with Crippen molar-refractivity contribution in [2.24, 2.45) is 0 Å². The SMILES string of the molecule is CS(=O)(=O)N1CCC[C@H](c2nnc(-c3cccs3)o2)C1. The van der Waals surface area contributed by atoms with Gasteiger partial charge in [-0.1, -0.05) is 6.07 Å². The fourth-order valence-corrected chi connectivity index (χ4v) is 3.90. The Labute approximate surface area is 121 Å². The minimum Gasteiger partial charge on any atom is -0.420 e. The molecule has 1 aliphatic heterocycles. The molecule has 0 aromatic carbocycles. The molecule has 20 heavy (non-hydrogen) atoms. The van der Waals surface area contributed by atoms with Gasteiger partial charge in [-0.15, -0.1) is 21.5 Å². The molecule has 108 valence electrons. The summed E-state index contributed by atoms with van der Waals surface area (Å²) in [6.45, 7) is 0.992. The first-order chi connectivity index (χ1) is 9.54. The summed E-state index contributed by atoms with van der Waals surface area (Å²) in [5, 5.41) is 10.1. The third-order valence-corrected chi connectivity index (χ3v) is 5.50. The minimum absolute atomic E-state index is 0.0142. The Morgan fingerprint density at radius 1 is 1.45 bits per heavy atom. The molecule has 3 rings (SSSR count). The lowest BCUT2D eigenvalue weighted by Gasteiger charge is -2.28. The number of rotatable bonds is 3. The molecule has 0 spiro atoms. The molecule has 0 radical (unpaired) electrons. The van der Waals surface area contributed by atoms with Crippen molar-refractivity contribution >= 4 is 21.4 Å². The van der Waals surface area contributed by atoms with Crippen LogP contribution in [0.25, 0.3) is 10.8 Å². The van der Waals surface area contributed by atoms with Crippen LogP contribution in [-0.2, 0) is 10.0 Å². The van der Waals surface area contributed by atoms with Gasteiger partial charge in [0, 0.05) is 13.1 Å². The molecule has 0 N–H and O–H groups in total. The highest BCUT2D eigenvalue weighted by Gasteiger charge is 2.30. The topological polar surface area (TPSA) is 76.3 Å². The molecule has 1 aliphatic rings. The molecule has 1 saturated heterocycles. The average Bonchev–Trinajstić information content (AvgIpc) is 3.09. The van der Waals surface area contributed by atoms with Gasteiger partial charge in [-0.25, -0.2) is 12.7 Å². The van der Waals surface area contributed by atoms with E-state index in [4.69, 9.17) is 4.42 Å². The van der Waals surface area contributed by atoms with Crippen LogP contribution in [0.4, 0.5) is 0 Å². The maximum Gasteiger partial charge on any atom is 0.257 e. The Morgan fingerprint density at radius 3 is 3.00 bits per heavy atom. The summed E-state index contributed by atoms with van der Waals surface area (Å²) >= 11 is 1.54. The largest absolute Gasteiger partial charge is 0.420 e. The van der Waals surface area contributed by atoms with Gasteiger partial charge in [0.2, 0.25) is 15.9 Å². The van der Waals surface area contributed by atoms with E-state index in [0.29, 0.717) is 24.9 Å². The van der Waals surface area contributed by atoms with Gasteiger partial charge in [0.1, 0.15) is 0 Å². The zero-order valence-electron chi connectivity index (χ0n) is 11.0. The van der Waals surface area contributed by atoms with Gasteiger partial charge < -0.3 is 4.42 Å². The molecule has 0 amide bonds. The molecule has 0 bridgehead atoms. The van der Waals surface area contributed by atoms with Gasteiger partial charge in [0.15, 0.2) is 0 Å². The van der Waals surface area contributed by atoms with Crippen molar-refractivity contribution < 1.29 is 12.8 Å². The third-order valence-electron chi connectivity index (χ3n) is 3.37. The van der Waals surface area contributed by atoms with E-state index < -0.39 is 10.0 Å². The molecule has 3 heterocycles. The molecule has 0 unspecified atom stereocenters. The third kappa shape index (κ3) is 2.77. The van der Waals surface area contributed by atoms with Crippen LogP contribution < -0.4 is 0 Å². The monoisotopic (exact) mass is 313 g/mol. The van der Waals surface area contributed by atoms with Gasteiger partial charge in [-0.3, -0.25) is 0 Å². The van der Waals surface area contributed by atoms with E-state index >= 15 is 0 Å². The van der Waals surface area contributed by atoms with Gasteiger partial charge >= 0.3 is 0 Å². The van der Waals surface area contributed by atoms with Crippen LogP contribution in [-0.4, -0.2) is 42.3 Å². The lowest BCUT2D eigenvalue weighted by atomic mass is 10.00. The smallest absolute Gasteiger partial charge is 0.257 e. The lowest BCUT2D eigenvalue weighted by molar-refractivity contribution is 0.287. The summed E-state index contributed by atoms with van der Waals surface area (Å²) in [5.74, 6) is 1.02. The van der Waals surface area contributed by atoms with Crippen molar-refractivity contribution in [2.45, 2.75) is 18.8 Å². The van der Waals surface area contributed by atoms with E-state index in [-0.39, 0.29) is 5.92 Å². The number of sulfonamides is 1. The summed E-state index contributed by atoms with van der Waals surface area (Å²) in [6.07, 6.45) is 2.92. The van der Waals surface area contributed by atoms with Gasteiger partial charge in [0.25, 0.3) is 5.89 Å². The van der Waals surface area contributed by atoms with Crippen LogP contribution in [0.5, 0.6) is 0 Å².